The number of amides is 1. The van der Waals surface area contributed by atoms with Crippen LogP contribution in [0.1, 0.15) is 36.5 Å². The van der Waals surface area contributed by atoms with E-state index in [1.165, 1.54) is 6.42 Å². The van der Waals surface area contributed by atoms with E-state index in [1.807, 2.05) is 12.1 Å². The molecule has 1 amide bonds. The molecule has 4 nitrogen and oxygen atoms in total. The van der Waals surface area contributed by atoms with Crippen molar-refractivity contribution in [3.63, 3.8) is 0 Å². The zero-order chi connectivity index (χ0) is 18.0. The van der Waals surface area contributed by atoms with Crippen LogP contribution in [0.15, 0.2) is 36.4 Å². The van der Waals surface area contributed by atoms with Gasteiger partial charge < -0.3 is 16.0 Å². The van der Waals surface area contributed by atoms with Crippen molar-refractivity contribution in [2.75, 3.05) is 22.5 Å². The van der Waals surface area contributed by atoms with Gasteiger partial charge in [0.15, 0.2) is 0 Å². The summed E-state index contributed by atoms with van der Waals surface area (Å²) in [6, 6.07) is 10.9. The van der Waals surface area contributed by atoms with Gasteiger partial charge in [-0.05, 0) is 62.6 Å². The van der Waals surface area contributed by atoms with Crippen LogP contribution in [0.3, 0.4) is 0 Å². The fourth-order valence-corrected chi connectivity index (χ4v) is 3.72. The van der Waals surface area contributed by atoms with Gasteiger partial charge in [0.05, 0.1) is 22.0 Å². The van der Waals surface area contributed by atoms with Gasteiger partial charge in [0.1, 0.15) is 0 Å². The quantitative estimate of drug-likeness (QED) is 0.721. The number of carbonyl (C=O) groups is 1. The van der Waals surface area contributed by atoms with E-state index in [4.69, 9.17) is 28.9 Å². The summed E-state index contributed by atoms with van der Waals surface area (Å²) in [7, 11) is 0. The molecule has 132 valence electrons. The standard InChI is InChI=1S/C19H21Cl2N3O/c1-12-4-2-3-9-24(12)18-8-6-14(22)11-17(18)23-19(25)15-7-5-13(20)10-16(15)21/h5-8,10-12H,2-4,9,22H2,1H3,(H,23,25)/t12-/m1/s1. The number of nitrogen functional groups attached to an aromatic ring is 1. The second-order valence-corrected chi connectivity index (χ2v) is 7.24. The highest BCUT2D eigenvalue weighted by molar-refractivity contribution is 6.37. The third-order valence-corrected chi connectivity index (χ3v) is 5.10. The first-order chi connectivity index (χ1) is 12.0. The van der Waals surface area contributed by atoms with Gasteiger partial charge in [-0.2, -0.15) is 0 Å². The third kappa shape index (κ3) is 4.02. The number of carbonyl (C=O) groups excluding carboxylic acids is 1. The molecule has 0 bridgehead atoms. The van der Waals surface area contributed by atoms with Gasteiger partial charge in [-0.15, -0.1) is 0 Å². The van der Waals surface area contributed by atoms with Crippen molar-refractivity contribution in [1.29, 1.82) is 0 Å². The zero-order valence-corrected chi connectivity index (χ0v) is 15.6. The van der Waals surface area contributed by atoms with E-state index in [-0.39, 0.29) is 5.91 Å². The molecule has 1 heterocycles. The average Bonchev–Trinajstić information content (AvgIpc) is 2.56. The molecule has 0 unspecified atom stereocenters. The lowest BCUT2D eigenvalue weighted by Crippen LogP contribution is -2.38. The minimum Gasteiger partial charge on any atom is -0.399 e. The van der Waals surface area contributed by atoms with Crippen LogP contribution >= 0.6 is 23.2 Å². The summed E-state index contributed by atoms with van der Waals surface area (Å²) in [6.07, 6.45) is 3.51. The molecular weight excluding hydrogens is 357 g/mol. The number of hydrogen-bond donors (Lipinski definition) is 2. The van der Waals surface area contributed by atoms with Crippen molar-refractivity contribution in [2.45, 2.75) is 32.2 Å². The smallest absolute Gasteiger partial charge is 0.257 e. The van der Waals surface area contributed by atoms with Crippen LogP contribution < -0.4 is 16.0 Å². The molecule has 1 fully saturated rings. The average molecular weight is 378 g/mol. The molecule has 0 radical (unpaired) electrons. The van der Waals surface area contributed by atoms with Gasteiger partial charge >= 0.3 is 0 Å². The number of rotatable bonds is 3. The molecule has 1 aliphatic rings. The Bertz CT molecular complexity index is 794. The molecule has 0 aliphatic carbocycles. The number of hydrogen-bond acceptors (Lipinski definition) is 3. The molecule has 1 aliphatic heterocycles. The fourth-order valence-electron chi connectivity index (χ4n) is 3.22. The Morgan fingerprint density at radius 3 is 2.72 bits per heavy atom. The van der Waals surface area contributed by atoms with Crippen LogP contribution in [0, 0.1) is 0 Å². The second-order valence-electron chi connectivity index (χ2n) is 6.39. The molecule has 2 aromatic carbocycles. The van der Waals surface area contributed by atoms with Crippen LogP contribution in [0.5, 0.6) is 0 Å². The van der Waals surface area contributed by atoms with E-state index < -0.39 is 0 Å². The highest BCUT2D eigenvalue weighted by Gasteiger charge is 2.22. The molecular formula is C19H21Cl2N3O. The van der Waals surface area contributed by atoms with Gasteiger partial charge in [-0.25, -0.2) is 0 Å². The lowest BCUT2D eigenvalue weighted by Gasteiger charge is -2.36. The zero-order valence-electron chi connectivity index (χ0n) is 14.1. The van der Waals surface area contributed by atoms with E-state index in [0.29, 0.717) is 33.0 Å². The van der Waals surface area contributed by atoms with Gasteiger partial charge in [0.25, 0.3) is 5.91 Å². The topological polar surface area (TPSA) is 58.4 Å². The number of piperidine rings is 1. The Labute approximate surface area is 157 Å². The number of nitrogens with one attached hydrogen (secondary N) is 1. The van der Waals surface area contributed by atoms with Crippen molar-refractivity contribution in [3.05, 3.63) is 52.0 Å². The Morgan fingerprint density at radius 2 is 2.00 bits per heavy atom. The number of nitrogens with two attached hydrogens (primary N) is 1. The molecule has 0 spiro atoms. The van der Waals surface area contributed by atoms with Crippen molar-refractivity contribution < 1.29 is 4.79 Å². The summed E-state index contributed by atoms with van der Waals surface area (Å²) < 4.78 is 0. The van der Waals surface area contributed by atoms with Gasteiger partial charge in [0, 0.05) is 23.3 Å². The third-order valence-electron chi connectivity index (χ3n) is 4.56. The molecule has 0 saturated carbocycles. The summed E-state index contributed by atoms with van der Waals surface area (Å²) >= 11 is 12.1. The molecule has 0 aromatic heterocycles. The predicted molar refractivity (Wildman–Crippen MR) is 106 cm³/mol. The molecule has 3 rings (SSSR count). The van der Waals surface area contributed by atoms with Crippen LogP contribution in [0.4, 0.5) is 17.1 Å². The summed E-state index contributed by atoms with van der Waals surface area (Å²) in [4.78, 5) is 15.0. The summed E-state index contributed by atoms with van der Waals surface area (Å²) in [5.41, 5.74) is 8.61. The van der Waals surface area contributed by atoms with Gasteiger partial charge in [-0.3, -0.25) is 4.79 Å². The Hall–Kier alpha value is -1.91. The Kier molecular flexibility index (Phi) is 5.40. The number of halogens is 2. The second kappa shape index (κ2) is 7.54. The first-order valence-corrected chi connectivity index (χ1v) is 9.14. The van der Waals surface area contributed by atoms with E-state index in [0.717, 1.165) is 25.1 Å². The summed E-state index contributed by atoms with van der Waals surface area (Å²) in [5, 5.41) is 3.77. The fraction of sp³-hybridized carbons (Fsp3) is 0.316. The van der Waals surface area contributed by atoms with Crippen LogP contribution in [0.25, 0.3) is 0 Å². The normalized spacial score (nSPS) is 17.4. The summed E-state index contributed by atoms with van der Waals surface area (Å²) in [5.74, 6) is -0.279. The lowest BCUT2D eigenvalue weighted by atomic mass is 10.0. The summed E-state index contributed by atoms with van der Waals surface area (Å²) in [6.45, 7) is 3.17. The van der Waals surface area contributed by atoms with Crippen LogP contribution in [-0.2, 0) is 0 Å². The van der Waals surface area contributed by atoms with E-state index in [9.17, 15) is 4.79 Å². The monoisotopic (exact) mass is 377 g/mol. The molecule has 1 saturated heterocycles. The Morgan fingerprint density at radius 1 is 1.20 bits per heavy atom. The molecule has 1 atom stereocenters. The van der Waals surface area contributed by atoms with Crippen LogP contribution in [-0.4, -0.2) is 18.5 Å². The number of benzene rings is 2. The number of nitrogens with zero attached hydrogens (tertiary/aromatic N) is 1. The maximum absolute atomic E-state index is 12.7. The molecule has 3 N–H and O–H groups in total. The maximum atomic E-state index is 12.7. The SMILES string of the molecule is C[C@@H]1CCCCN1c1ccc(N)cc1NC(=O)c1ccc(Cl)cc1Cl. The Balaban J connectivity index is 1.91. The minimum absolute atomic E-state index is 0.279. The van der Waals surface area contributed by atoms with Gasteiger partial charge in [0.2, 0.25) is 0 Å². The minimum atomic E-state index is -0.279. The predicted octanol–water partition coefficient (Wildman–Crippen LogP) is 5.21. The van der Waals surface area contributed by atoms with Crippen LogP contribution in [0.2, 0.25) is 10.0 Å². The highest BCUT2D eigenvalue weighted by Crippen LogP contribution is 2.33. The van der Waals surface area contributed by atoms with Crippen molar-refractivity contribution >= 4 is 46.2 Å². The largest absolute Gasteiger partial charge is 0.399 e. The molecule has 6 heteroatoms. The first-order valence-electron chi connectivity index (χ1n) is 8.38. The van der Waals surface area contributed by atoms with Crippen molar-refractivity contribution in [2.24, 2.45) is 0 Å². The molecule has 2 aromatic rings. The van der Waals surface area contributed by atoms with E-state index in [1.54, 1.807) is 24.3 Å². The maximum Gasteiger partial charge on any atom is 0.257 e. The van der Waals surface area contributed by atoms with Gasteiger partial charge in [-0.1, -0.05) is 23.2 Å². The van der Waals surface area contributed by atoms with E-state index >= 15 is 0 Å². The van der Waals surface area contributed by atoms with Crippen molar-refractivity contribution in [3.8, 4) is 0 Å². The number of anilines is 3. The highest BCUT2D eigenvalue weighted by atomic mass is 35.5. The first kappa shape index (κ1) is 17.9. The van der Waals surface area contributed by atoms with E-state index in [2.05, 4.69) is 17.1 Å². The van der Waals surface area contributed by atoms with Crippen molar-refractivity contribution in [1.82, 2.24) is 0 Å². The molecule has 25 heavy (non-hydrogen) atoms. The lowest BCUT2D eigenvalue weighted by molar-refractivity contribution is 0.102.